The van der Waals surface area contributed by atoms with Crippen molar-refractivity contribution in [1.82, 2.24) is 0 Å². The maximum Gasteiger partial charge on any atom is 0.341 e. The van der Waals surface area contributed by atoms with Gasteiger partial charge < -0.3 is 15.2 Å². The fraction of sp³-hybridized carbons (Fsp3) is 0.133. The van der Waals surface area contributed by atoms with Crippen molar-refractivity contribution in [3.8, 4) is 11.5 Å². The van der Waals surface area contributed by atoms with E-state index in [0.717, 1.165) is 5.56 Å². The fourth-order valence-corrected chi connectivity index (χ4v) is 2.04. The van der Waals surface area contributed by atoms with Crippen molar-refractivity contribution in [1.29, 1.82) is 0 Å². The number of anilines is 1. The smallest absolute Gasteiger partial charge is 0.341 e. The zero-order chi connectivity index (χ0) is 15.6. The van der Waals surface area contributed by atoms with Gasteiger partial charge in [0.25, 0.3) is 0 Å². The average Bonchev–Trinajstić information content (AvgIpc) is 2.44. The minimum absolute atomic E-state index is 0.00205. The van der Waals surface area contributed by atoms with Crippen molar-refractivity contribution in [2.45, 2.75) is 6.92 Å². The van der Waals surface area contributed by atoms with Gasteiger partial charge in [0.15, 0.2) is 17.3 Å². The molecule has 21 heavy (non-hydrogen) atoms. The van der Waals surface area contributed by atoms with Crippen LogP contribution in [0.15, 0.2) is 30.3 Å². The topological polar surface area (TPSA) is 61.5 Å². The van der Waals surface area contributed by atoms with Crippen molar-refractivity contribution in [3.05, 3.63) is 52.3 Å². The summed E-state index contributed by atoms with van der Waals surface area (Å²) >= 11 is 6.04. The van der Waals surface area contributed by atoms with Gasteiger partial charge in [-0.1, -0.05) is 17.7 Å². The number of esters is 1. The van der Waals surface area contributed by atoms with E-state index in [4.69, 9.17) is 22.1 Å². The van der Waals surface area contributed by atoms with E-state index in [2.05, 4.69) is 4.74 Å². The van der Waals surface area contributed by atoms with Crippen molar-refractivity contribution in [2.75, 3.05) is 12.8 Å². The molecular formula is C15H13ClFNO3. The van der Waals surface area contributed by atoms with E-state index in [9.17, 15) is 9.18 Å². The van der Waals surface area contributed by atoms with E-state index in [0.29, 0.717) is 0 Å². The summed E-state index contributed by atoms with van der Waals surface area (Å²) in [6.07, 6.45) is 0. The molecule has 2 aromatic rings. The van der Waals surface area contributed by atoms with Gasteiger partial charge in [-0.2, -0.15) is 0 Å². The number of halogens is 2. The van der Waals surface area contributed by atoms with Gasteiger partial charge in [-0.3, -0.25) is 0 Å². The molecule has 0 heterocycles. The molecule has 0 saturated carbocycles. The van der Waals surface area contributed by atoms with Gasteiger partial charge >= 0.3 is 5.97 Å². The first-order valence-electron chi connectivity index (χ1n) is 6.03. The first-order chi connectivity index (χ1) is 9.92. The highest BCUT2D eigenvalue weighted by Crippen LogP contribution is 2.36. The molecule has 6 heteroatoms. The highest BCUT2D eigenvalue weighted by molar-refractivity contribution is 6.33. The number of hydrogen-bond donors (Lipinski definition) is 1. The first kappa shape index (κ1) is 15.1. The molecule has 0 aliphatic rings. The Hall–Kier alpha value is -2.27. The Bertz CT molecular complexity index is 704. The molecular weight excluding hydrogens is 297 g/mol. The van der Waals surface area contributed by atoms with E-state index in [-0.39, 0.29) is 27.8 Å². The lowest BCUT2D eigenvalue weighted by molar-refractivity contribution is 0.0598. The molecule has 2 aromatic carbocycles. The number of methoxy groups -OCH3 is 1. The zero-order valence-electron chi connectivity index (χ0n) is 11.4. The van der Waals surface area contributed by atoms with Gasteiger partial charge in [0.1, 0.15) is 5.56 Å². The number of carbonyl (C=O) groups is 1. The Morgan fingerprint density at radius 2 is 2.00 bits per heavy atom. The summed E-state index contributed by atoms with van der Waals surface area (Å²) in [6, 6.07) is 7.16. The van der Waals surface area contributed by atoms with Gasteiger partial charge in [0, 0.05) is 5.69 Å². The van der Waals surface area contributed by atoms with Crippen LogP contribution in [-0.2, 0) is 4.74 Å². The van der Waals surface area contributed by atoms with Crippen LogP contribution in [0.3, 0.4) is 0 Å². The molecule has 0 saturated heterocycles. The Morgan fingerprint density at radius 1 is 1.29 bits per heavy atom. The molecule has 0 aromatic heterocycles. The maximum atomic E-state index is 13.8. The lowest BCUT2D eigenvalue weighted by Gasteiger charge is -2.13. The molecule has 0 aliphatic carbocycles. The fourth-order valence-electron chi connectivity index (χ4n) is 1.78. The second-order valence-electron chi connectivity index (χ2n) is 4.41. The summed E-state index contributed by atoms with van der Waals surface area (Å²) < 4.78 is 23.9. The minimum atomic E-state index is -0.674. The second-order valence-corrected chi connectivity index (χ2v) is 4.81. The summed E-state index contributed by atoms with van der Waals surface area (Å²) in [5.41, 5.74) is 6.76. The van der Waals surface area contributed by atoms with Crippen molar-refractivity contribution < 1.29 is 18.7 Å². The van der Waals surface area contributed by atoms with E-state index < -0.39 is 11.8 Å². The third-order valence-corrected chi connectivity index (χ3v) is 3.05. The standard InChI is InChI=1S/C15H13ClFNO3/c1-8-3-4-12(17)13(5-8)21-14-10(15(19)20-2)6-9(18)7-11(14)16/h3-7H,18H2,1-2H3. The predicted molar refractivity (Wildman–Crippen MR) is 78.4 cm³/mol. The Kier molecular flexibility index (Phi) is 4.33. The number of rotatable bonds is 3. The summed E-state index contributed by atoms with van der Waals surface area (Å²) in [4.78, 5) is 11.8. The SMILES string of the molecule is COC(=O)c1cc(N)cc(Cl)c1Oc1cc(C)ccc1F. The monoisotopic (exact) mass is 309 g/mol. The number of hydrogen-bond acceptors (Lipinski definition) is 4. The van der Waals surface area contributed by atoms with Crippen LogP contribution in [0.25, 0.3) is 0 Å². The molecule has 0 unspecified atom stereocenters. The summed E-state index contributed by atoms with van der Waals surface area (Å²) in [7, 11) is 1.22. The molecule has 110 valence electrons. The Balaban J connectivity index is 2.53. The lowest BCUT2D eigenvalue weighted by Crippen LogP contribution is -2.06. The van der Waals surface area contributed by atoms with Crippen LogP contribution in [-0.4, -0.2) is 13.1 Å². The number of nitrogen functional groups attached to an aromatic ring is 1. The third kappa shape index (κ3) is 3.25. The number of benzene rings is 2. The highest BCUT2D eigenvalue weighted by atomic mass is 35.5. The molecule has 0 aliphatic heterocycles. The van der Waals surface area contributed by atoms with Crippen LogP contribution in [0, 0.1) is 12.7 Å². The van der Waals surface area contributed by atoms with E-state index in [1.54, 1.807) is 13.0 Å². The van der Waals surface area contributed by atoms with Crippen LogP contribution in [0.2, 0.25) is 5.02 Å². The van der Waals surface area contributed by atoms with Crippen LogP contribution in [0.5, 0.6) is 11.5 Å². The average molecular weight is 310 g/mol. The maximum absolute atomic E-state index is 13.8. The van der Waals surface area contributed by atoms with Crippen LogP contribution in [0.4, 0.5) is 10.1 Å². The van der Waals surface area contributed by atoms with E-state index >= 15 is 0 Å². The lowest BCUT2D eigenvalue weighted by atomic mass is 10.1. The molecule has 4 nitrogen and oxygen atoms in total. The third-order valence-electron chi connectivity index (χ3n) is 2.77. The summed E-state index contributed by atoms with van der Waals surface area (Å²) in [5, 5.41) is 0.0938. The van der Waals surface area contributed by atoms with Gasteiger partial charge in [-0.05, 0) is 36.8 Å². The normalized spacial score (nSPS) is 10.3. The highest BCUT2D eigenvalue weighted by Gasteiger charge is 2.19. The van der Waals surface area contributed by atoms with Gasteiger partial charge in [-0.25, -0.2) is 9.18 Å². The first-order valence-corrected chi connectivity index (χ1v) is 6.41. The number of carbonyl (C=O) groups excluding carboxylic acids is 1. The number of nitrogens with two attached hydrogens (primary N) is 1. The Morgan fingerprint density at radius 3 is 2.67 bits per heavy atom. The van der Waals surface area contributed by atoms with Crippen LogP contribution in [0.1, 0.15) is 15.9 Å². The summed E-state index contributed by atoms with van der Waals surface area (Å²) in [6.45, 7) is 1.79. The minimum Gasteiger partial charge on any atom is -0.465 e. The molecule has 2 N–H and O–H groups in total. The van der Waals surface area contributed by atoms with Crippen molar-refractivity contribution in [2.24, 2.45) is 0 Å². The number of ether oxygens (including phenoxy) is 2. The van der Waals surface area contributed by atoms with Crippen molar-refractivity contribution in [3.63, 3.8) is 0 Å². The van der Waals surface area contributed by atoms with Crippen molar-refractivity contribution >= 4 is 23.3 Å². The molecule has 2 rings (SSSR count). The molecule has 0 amide bonds. The predicted octanol–water partition coefficient (Wildman–Crippen LogP) is 3.95. The van der Waals surface area contributed by atoms with Gasteiger partial charge in [0.2, 0.25) is 0 Å². The second kappa shape index (κ2) is 6.01. The van der Waals surface area contributed by atoms with E-state index in [1.165, 1.54) is 31.4 Å². The van der Waals surface area contributed by atoms with Crippen LogP contribution < -0.4 is 10.5 Å². The largest absolute Gasteiger partial charge is 0.465 e. The zero-order valence-corrected chi connectivity index (χ0v) is 12.2. The molecule has 0 atom stereocenters. The quantitative estimate of drug-likeness (QED) is 0.689. The number of aryl methyl sites for hydroxylation is 1. The molecule has 0 radical (unpaired) electrons. The van der Waals surface area contributed by atoms with Crippen LogP contribution >= 0.6 is 11.6 Å². The molecule has 0 spiro atoms. The Labute approximate surface area is 126 Å². The van der Waals surface area contributed by atoms with Gasteiger partial charge in [-0.15, -0.1) is 0 Å². The summed E-state index contributed by atoms with van der Waals surface area (Å²) in [5.74, 6) is -1.27. The molecule has 0 bridgehead atoms. The molecule has 0 fully saturated rings. The van der Waals surface area contributed by atoms with E-state index in [1.807, 2.05) is 0 Å². The van der Waals surface area contributed by atoms with Gasteiger partial charge in [0.05, 0.1) is 12.1 Å².